The molecule has 1 aromatic carbocycles. The predicted octanol–water partition coefficient (Wildman–Crippen LogP) is 4.03. The van der Waals surface area contributed by atoms with Crippen molar-refractivity contribution in [3.63, 3.8) is 0 Å². The fraction of sp³-hybridized carbons (Fsp3) is 0.625. The molecule has 0 aromatic heterocycles. The molecule has 96 valence electrons. The van der Waals surface area contributed by atoms with Gasteiger partial charge >= 0.3 is 0 Å². The van der Waals surface area contributed by atoms with Crippen molar-refractivity contribution in [1.82, 2.24) is 0 Å². The minimum Gasteiger partial charge on any atom is -0.393 e. The quantitative estimate of drug-likeness (QED) is 0.788. The Bertz CT molecular complexity index is 339. The lowest BCUT2D eigenvalue weighted by molar-refractivity contribution is 0.139. The van der Waals surface area contributed by atoms with Crippen molar-refractivity contribution in [2.45, 2.75) is 59.5 Å². The summed E-state index contributed by atoms with van der Waals surface area (Å²) >= 11 is 0. The minimum atomic E-state index is -0.193. The summed E-state index contributed by atoms with van der Waals surface area (Å²) in [5.74, 6) is 0.663. The Morgan fingerprint density at radius 1 is 1.06 bits per heavy atom. The summed E-state index contributed by atoms with van der Waals surface area (Å²) in [4.78, 5) is 0. The topological polar surface area (TPSA) is 20.2 Å². The molecule has 1 atom stereocenters. The van der Waals surface area contributed by atoms with Crippen LogP contribution in [0.25, 0.3) is 0 Å². The summed E-state index contributed by atoms with van der Waals surface area (Å²) in [5.41, 5.74) is 3.90. The molecule has 0 radical (unpaired) electrons. The number of hydrogen-bond acceptors (Lipinski definition) is 1. The lowest BCUT2D eigenvalue weighted by Crippen LogP contribution is -2.15. The molecule has 1 unspecified atom stereocenters. The smallest absolute Gasteiger partial charge is 0.0583 e. The van der Waals surface area contributed by atoms with Gasteiger partial charge in [0.05, 0.1) is 6.10 Å². The maximum absolute atomic E-state index is 10.1. The van der Waals surface area contributed by atoms with Crippen LogP contribution < -0.4 is 0 Å². The Balaban J connectivity index is 2.55. The average Bonchev–Trinajstić information content (AvgIpc) is 2.31. The van der Waals surface area contributed by atoms with Gasteiger partial charge in [0.1, 0.15) is 0 Å². The molecule has 0 heterocycles. The standard InChI is InChI=1S/C16H26O/c1-5-14(6-2)10-16(17)11-15-8-7-12(3)13(4)9-15/h7-9,14,16-17H,5-6,10-11H2,1-4H3. The van der Waals surface area contributed by atoms with Crippen molar-refractivity contribution in [2.24, 2.45) is 5.92 Å². The maximum atomic E-state index is 10.1. The molecule has 1 nitrogen and oxygen atoms in total. The molecule has 0 aliphatic rings. The Hall–Kier alpha value is -0.820. The van der Waals surface area contributed by atoms with Gasteiger partial charge in [-0.15, -0.1) is 0 Å². The molecule has 0 aliphatic heterocycles. The Morgan fingerprint density at radius 2 is 1.71 bits per heavy atom. The van der Waals surface area contributed by atoms with Crippen molar-refractivity contribution in [2.75, 3.05) is 0 Å². The van der Waals surface area contributed by atoms with Crippen LogP contribution in [0.5, 0.6) is 0 Å². The molecule has 0 spiro atoms. The summed E-state index contributed by atoms with van der Waals surface area (Å²) in [5, 5.41) is 10.1. The molecule has 17 heavy (non-hydrogen) atoms. The lowest BCUT2D eigenvalue weighted by Gasteiger charge is -2.17. The molecular formula is C16H26O. The Labute approximate surface area is 106 Å². The van der Waals surface area contributed by atoms with Crippen molar-refractivity contribution < 1.29 is 5.11 Å². The van der Waals surface area contributed by atoms with E-state index in [9.17, 15) is 5.11 Å². The molecular weight excluding hydrogens is 208 g/mol. The van der Waals surface area contributed by atoms with Gasteiger partial charge in [0.2, 0.25) is 0 Å². The van der Waals surface area contributed by atoms with E-state index in [0.29, 0.717) is 5.92 Å². The first kappa shape index (κ1) is 14.2. The third-order valence-corrected chi connectivity index (χ3v) is 3.80. The third kappa shape index (κ3) is 4.51. The van der Waals surface area contributed by atoms with E-state index >= 15 is 0 Å². The molecule has 0 saturated carbocycles. The van der Waals surface area contributed by atoms with E-state index < -0.39 is 0 Å². The molecule has 0 amide bonds. The van der Waals surface area contributed by atoms with E-state index in [-0.39, 0.29) is 6.10 Å². The van der Waals surface area contributed by atoms with Crippen LogP contribution in [-0.2, 0) is 6.42 Å². The highest BCUT2D eigenvalue weighted by molar-refractivity contribution is 5.30. The van der Waals surface area contributed by atoms with Gasteiger partial charge in [-0.3, -0.25) is 0 Å². The van der Waals surface area contributed by atoms with Crippen molar-refractivity contribution >= 4 is 0 Å². The highest BCUT2D eigenvalue weighted by Gasteiger charge is 2.12. The van der Waals surface area contributed by atoms with Crippen LogP contribution in [0.15, 0.2) is 18.2 Å². The van der Waals surface area contributed by atoms with Gasteiger partial charge in [-0.05, 0) is 49.3 Å². The first-order chi connectivity index (χ1) is 8.06. The van der Waals surface area contributed by atoms with E-state index in [0.717, 1.165) is 12.8 Å². The molecule has 1 heteroatoms. The normalized spacial score (nSPS) is 13.1. The SMILES string of the molecule is CCC(CC)CC(O)Cc1ccc(C)c(C)c1. The fourth-order valence-electron chi connectivity index (χ4n) is 2.29. The van der Waals surface area contributed by atoms with Gasteiger partial charge in [0.15, 0.2) is 0 Å². The molecule has 0 aliphatic carbocycles. The van der Waals surface area contributed by atoms with Crippen molar-refractivity contribution in [3.8, 4) is 0 Å². The zero-order valence-electron chi connectivity index (χ0n) is 11.7. The number of aryl methyl sites for hydroxylation is 2. The van der Waals surface area contributed by atoms with E-state index in [1.54, 1.807) is 0 Å². The largest absolute Gasteiger partial charge is 0.393 e. The van der Waals surface area contributed by atoms with Gasteiger partial charge < -0.3 is 5.11 Å². The second kappa shape index (κ2) is 6.80. The zero-order chi connectivity index (χ0) is 12.8. The third-order valence-electron chi connectivity index (χ3n) is 3.80. The first-order valence-electron chi connectivity index (χ1n) is 6.81. The number of aliphatic hydroxyl groups excluding tert-OH is 1. The van der Waals surface area contributed by atoms with Crippen molar-refractivity contribution in [1.29, 1.82) is 0 Å². The fourth-order valence-corrected chi connectivity index (χ4v) is 2.29. The van der Waals surface area contributed by atoms with Crippen LogP contribution in [-0.4, -0.2) is 11.2 Å². The van der Waals surface area contributed by atoms with E-state index in [4.69, 9.17) is 0 Å². The van der Waals surface area contributed by atoms with Gasteiger partial charge in [0, 0.05) is 0 Å². The van der Waals surface area contributed by atoms with Gasteiger partial charge in [-0.1, -0.05) is 44.9 Å². The number of rotatable bonds is 6. The minimum absolute atomic E-state index is 0.193. The van der Waals surface area contributed by atoms with E-state index in [1.165, 1.54) is 29.5 Å². The highest BCUT2D eigenvalue weighted by Crippen LogP contribution is 2.18. The number of hydrogen-bond donors (Lipinski definition) is 1. The van der Waals surface area contributed by atoms with Crippen LogP contribution in [0.3, 0.4) is 0 Å². The number of aliphatic hydroxyl groups is 1. The van der Waals surface area contributed by atoms with Crippen LogP contribution in [0.1, 0.15) is 49.8 Å². The van der Waals surface area contributed by atoms with Crippen LogP contribution >= 0.6 is 0 Å². The van der Waals surface area contributed by atoms with Gasteiger partial charge in [-0.2, -0.15) is 0 Å². The summed E-state index contributed by atoms with van der Waals surface area (Å²) in [7, 11) is 0. The molecule has 1 N–H and O–H groups in total. The highest BCUT2D eigenvalue weighted by atomic mass is 16.3. The van der Waals surface area contributed by atoms with E-state index in [1.807, 2.05) is 0 Å². The summed E-state index contributed by atoms with van der Waals surface area (Å²) in [6, 6.07) is 6.48. The second-order valence-electron chi connectivity index (χ2n) is 5.19. The summed E-state index contributed by atoms with van der Waals surface area (Å²) in [6.07, 6.45) is 3.86. The summed E-state index contributed by atoms with van der Waals surface area (Å²) < 4.78 is 0. The molecule has 0 fully saturated rings. The lowest BCUT2D eigenvalue weighted by atomic mass is 9.92. The molecule has 0 saturated heterocycles. The maximum Gasteiger partial charge on any atom is 0.0583 e. The first-order valence-corrected chi connectivity index (χ1v) is 6.81. The Morgan fingerprint density at radius 3 is 2.24 bits per heavy atom. The van der Waals surface area contributed by atoms with Crippen LogP contribution in [0.2, 0.25) is 0 Å². The molecule has 0 bridgehead atoms. The van der Waals surface area contributed by atoms with E-state index in [2.05, 4.69) is 45.9 Å². The molecule has 1 rings (SSSR count). The summed E-state index contributed by atoms with van der Waals surface area (Å²) in [6.45, 7) is 8.67. The second-order valence-corrected chi connectivity index (χ2v) is 5.19. The van der Waals surface area contributed by atoms with Crippen molar-refractivity contribution in [3.05, 3.63) is 34.9 Å². The van der Waals surface area contributed by atoms with Gasteiger partial charge in [-0.25, -0.2) is 0 Å². The predicted molar refractivity (Wildman–Crippen MR) is 74.3 cm³/mol. The van der Waals surface area contributed by atoms with Crippen LogP contribution in [0.4, 0.5) is 0 Å². The zero-order valence-corrected chi connectivity index (χ0v) is 11.7. The number of benzene rings is 1. The molecule has 1 aromatic rings. The monoisotopic (exact) mass is 234 g/mol. The Kier molecular flexibility index (Phi) is 5.70. The van der Waals surface area contributed by atoms with Gasteiger partial charge in [0.25, 0.3) is 0 Å². The van der Waals surface area contributed by atoms with Crippen LogP contribution in [0, 0.1) is 19.8 Å². The average molecular weight is 234 g/mol.